The minimum atomic E-state index is -0.484. The van der Waals surface area contributed by atoms with Gasteiger partial charge in [-0.25, -0.2) is 4.39 Å². The van der Waals surface area contributed by atoms with Crippen LogP contribution in [0.5, 0.6) is 0 Å². The third kappa shape index (κ3) is 2.70. The van der Waals surface area contributed by atoms with Crippen molar-refractivity contribution >= 4 is 39.1 Å². The standard InChI is InChI=1S/C11H8BrClFN3O/c1-17-3-2-9(16-17)11(18)15-10-7(12)4-6(14)5-8(10)13/h2-5H,1H3,(H,15,18). The first kappa shape index (κ1) is 13.0. The molecule has 1 heterocycles. The lowest BCUT2D eigenvalue weighted by Gasteiger charge is -2.08. The maximum Gasteiger partial charge on any atom is 0.276 e. The zero-order valence-corrected chi connectivity index (χ0v) is 11.6. The van der Waals surface area contributed by atoms with E-state index in [4.69, 9.17) is 11.6 Å². The van der Waals surface area contributed by atoms with Crippen molar-refractivity contribution in [1.82, 2.24) is 9.78 Å². The number of benzene rings is 1. The van der Waals surface area contributed by atoms with E-state index in [2.05, 4.69) is 26.3 Å². The van der Waals surface area contributed by atoms with E-state index in [-0.39, 0.29) is 10.7 Å². The summed E-state index contributed by atoms with van der Waals surface area (Å²) in [6.07, 6.45) is 1.65. The number of aromatic nitrogens is 2. The average molecular weight is 333 g/mol. The maximum absolute atomic E-state index is 13.0. The molecule has 1 amide bonds. The number of aryl methyl sites for hydroxylation is 1. The lowest BCUT2D eigenvalue weighted by atomic mass is 10.3. The van der Waals surface area contributed by atoms with Crippen molar-refractivity contribution in [3.05, 3.63) is 45.4 Å². The molecule has 0 unspecified atom stereocenters. The van der Waals surface area contributed by atoms with E-state index in [1.54, 1.807) is 19.3 Å². The zero-order valence-electron chi connectivity index (χ0n) is 9.25. The van der Waals surface area contributed by atoms with Crippen molar-refractivity contribution in [2.75, 3.05) is 5.32 Å². The highest BCUT2D eigenvalue weighted by Gasteiger charge is 2.14. The molecule has 2 aromatic rings. The molecule has 1 N–H and O–H groups in total. The fourth-order valence-electron chi connectivity index (χ4n) is 1.38. The lowest BCUT2D eigenvalue weighted by Crippen LogP contribution is -2.14. The molecule has 18 heavy (non-hydrogen) atoms. The molecule has 0 aliphatic heterocycles. The van der Waals surface area contributed by atoms with Crippen molar-refractivity contribution in [3.63, 3.8) is 0 Å². The predicted octanol–water partition coefficient (Wildman–Crippen LogP) is 3.23. The van der Waals surface area contributed by atoms with E-state index in [0.717, 1.165) is 6.07 Å². The van der Waals surface area contributed by atoms with Crippen LogP contribution in [0.15, 0.2) is 28.9 Å². The summed E-state index contributed by atoms with van der Waals surface area (Å²) in [5.41, 5.74) is 0.568. The molecule has 4 nitrogen and oxygen atoms in total. The summed E-state index contributed by atoms with van der Waals surface area (Å²) in [5, 5.41) is 6.65. The number of carbonyl (C=O) groups is 1. The second-order valence-electron chi connectivity index (χ2n) is 3.57. The Balaban J connectivity index is 2.27. The fraction of sp³-hybridized carbons (Fsp3) is 0.0909. The molecule has 0 aliphatic carbocycles. The van der Waals surface area contributed by atoms with Gasteiger partial charge < -0.3 is 5.32 Å². The Bertz CT molecular complexity index is 591. The monoisotopic (exact) mass is 331 g/mol. The largest absolute Gasteiger partial charge is 0.318 e. The summed E-state index contributed by atoms with van der Waals surface area (Å²) in [6, 6.07) is 3.92. The topological polar surface area (TPSA) is 46.9 Å². The van der Waals surface area contributed by atoms with Gasteiger partial charge >= 0.3 is 0 Å². The summed E-state index contributed by atoms with van der Waals surface area (Å²) < 4.78 is 14.9. The normalized spacial score (nSPS) is 10.4. The van der Waals surface area contributed by atoms with Crippen LogP contribution >= 0.6 is 27.5 Å². The highest BCUT2D eigenvalue weighted by molar-refractivity contribution is 9.10. The Labute approximate surface area is 116 Å². The van der Waals surface area contributed by atoms with Gasteiger partial charge in [0.15, 0.2) is 5.69 Å². The molecule has 0 aliphatic rings. The molecule has 0 bridgehead atoms. The number of carbonyl (C=O) groups excluding carboxylic acids is 1. The maximum atomic E-state index is 13.0. The molecule has 0 fully saturated rings. The molecule has 0 saturated heterocycles. The van der Waals surface area contributed by atoms with E-state index in [1.165, 1.54) is 10.7 Å². The number of halogens is 3. The first-order valence-electron chi connectivity index (χ1n) is 4.93. The SMILES string of the molecule is Cn1ccc(C(=O)Nc2c(Cl)cc(F)cc2Br)n1. The molecule has 7 heteroatoms. The van der Waals surface area contributed by atoms with Gasteiger partial charge in [-0.2, -0.15) is 5.10 Å². The lowest BCUT2D eigenvalue weighted by molar-refractivity contribution is 0.102. The van der Waals surface area contributed by atoms with E-state index in [0.29, 0.717) is 10.2 Å². The van der Waals surface area contributed by atoms with Gasteiger partial charge in [0, 0.05) is 17.7 Å². The minimum absolute atomic E-state index is 0.117. The van der Waals surface area contributed by atoms with Gasteiger partial charge in [0.05, 0.1) is 10.7 Å². The van der Waals surface area contributed by atoms with E-state index in [9.17, 15) is 9.18 Å². The molecule has 2 rings (SSSR count). The van der Waals surface area contributed by atoms with E-state index < -0.39 is 11.7 Å². The van der Waals surface area contributed by atoms with Gasteiger partial charge in [-0.1, -0.05) is 11.6 Å². The summed E-state index contributed by atoms with van der Waals surface area (Å²) in [4.78, 5) is 11.9. The van der Waals surface area contributed by atoms with Crippen LogP contribution in [0.3, 0.4) is 0 Å². The summed E-state index contributed by atoms with van der Waals surface area (Å²) in [5.74, 6) is -0.896. The molecule has 1 aromatic heterocycles. The Hall–Kier alpha value is -1.40. The Morgan fingerprint density at radius 2 is 2.28 bits per heavy atom. The second kappa shape index (κ2) is 5.07. The molecule has 94 valence electrons. The van der Waals surface area contributed by atoms with Crippen LogP contribution in [0, 0.1) is 5.82 Å². The van der Waals surface area contributed by atoms with Crippen LogP contribution in [0.1, 0.15) is 10.5 Å². The third-order valence-corrected chi connectivity index (χ3v) is 3.12. The number of amides is 1. The molecule has 0 saturated carbocycles. The molecular formula is C11H8BrClFN3O. The summed E-state index contributed by atoms with van der Waals surface area (Å²) in [7, 11) is 1.71. The van der Waals surface area contributed by atoms with Crippen molar-refractivity contribution < 1.29 is 9.18 Å². The van der Waals surface area contributed by atoms with Gasteiger partial charge in [-0.15, -0.1) is 0 Å². The van der Waals surface area contributed by atoms with Crippen LogP contribution in [-0.4, -0.2) is 15.7 Å². The van der Waals surface area contributed by atoms with Crippen LogP contribution < -0.4 is 5.32 Å². The Morgan fingerprint density at radius 1 is 1.56 bits per heavy atom. The fourth-order valence-corrected chi connectivity index (χ4v) is 2.27. The van der Waals surface area contributed by atoms with Gasteiger partial charge in [-0.05, 0) is 34.1 Å². The van der Waals surface area contributed by atoms with Gasteiger partial charge in [0.25, 0.3) is 5.91 Å². The van der Waals surface area contributed by atoms with Gasteiger partial charge in [0.1, 0.15) is 5.82 Å². The third-order valence-electron chi connectivity index (χ3n) is 2.19. The van der Waals surface area contributed by atoms with Crippen molar-refractivity contribution in [1.29, 1.82) is 0 Å². The first-order chi connectivity index (χ1) is 8.47. The number of nitrogens with one attached hydrogen (secondary N) is 1. The molecule has 0 radical (unpaired) electrons. The predicted molar refractivity (Wildman–Crippen MR) is 70.3 cm³/mol. The molecule has 0 spiro atoms. The van der Waals surface area contributed by atoms with E-state index >= 15 is 0 Å². The van der Waals surface area contributed by atoms with Crippen molar-refractivity contribution in [2.24, 2.45) is 7.05 Å². The highest BCUT2D eigenvalue weighted by Crippen LogP contribution is 2.31. The quantitative estimate of drug-likeness (QED) is 0.918. The first-order valence-corrected chi connectivity index (χ1v) is 6.10. The van der Waals surface area contributed by atoms with Crippen LogP contribution in [0.25, 0.3) is 0 Å². The summed E-state index contributed by atoms with van der Waals surface area (Å²) >= 11 is 9.00. The number of hydrogen-bond acceptors (Lipinski definition) is 2. The number of rotatable bonds is 2. The minimum Gasteiger partial charge on any atom is -0.318 e. The van der Waals surface area contributed by atoms with Crippen molar-refractivity contribution in [2.45, 2.75) is 0 Å². The molecular weight excluding hydrogens is 324 g/mol. The van der Waals surface area contributed by atoms with Gasteiger partial charge in [-0.3, -0.25) is 9.48 Å². The van der Waals surface area contributed by atoms with Crippen LogP contribution in [-0.2, 0) is 7.05 Å². The second-order valence-corrected chi connectivity index (χ2v) is 4.83. The summed E-state index contributed by atoms with van der Waals surface area (Å²) in [6.45, 7) is 0. The average Bonchev–Trinajstić information content (AvgIpc) is 2.70. The number of nitrogens with zero attached hydrogens (tertiary/aromatic N) is 2. The van der Waals surface area contributed by atoms with Crippen molar-refractivity contribution in [3.8, 4) is 0 Å². The zero-order chi connectivity index (χ0) is 13.3. The number of hydrogen-bond donors (Lipinski definition) is 1. The Kier molecular flexibility index (Phi) is 3.68. The molecule has 0 atom stereocenters. The van der Waals surface area contributed by atoms with Crippen LogP contribution in [0.2, 0.25) is 5.02 Å². The smallest absolute Gasteiger partial charge is 0.276 e. The molecule has 1 aromatic carbocycles. The Morgan fingerprint density at radius 3 is 2.83 bits per heavy atom. The number of anilines is 1. The highest BCUT2D eigenvalue weighted by atomic mass is 79.9. The van der Waals surface area contributed by atoms with Gasteiger partial charge in [0.2, 0.25) is 0 Å². The van der Waals surface area contributed by atoms with Crippen LogP contribution in [0.4, 0.5) is 10.1 Å². The van der Waals surface area contributed by atoms with E-state index in [1.807, 2.05) is 0 Å².